The minimum Gasteiger partial charge on any atom is -0.363 e. The van der Waals surface area contributed by atoms with Gasteiger partial charge in [-0.1, -0.05) is 46.3 Å². The van der Waals surface area contributed by atoms with Crippen molar-refractivity contribution in [2.75, 3.05) is 10.6 Å². The number of benzene rings is 2. The molecule has 0 fully saturated rings. The maximum Gasteiger partial charge on any atom is 0.229 e. The molecule has 0 aliphatic carbocycles. The van der Waals surface area contributed by atoms with E-state index in [0.717, 1.165) is 21.5 Å². The lowest BCUT2D eigenvalue weighted by Gasteiger charge is -2.15. The number of rotatable bonds is 5. The van der Waals surface area contributed by atoms with Gasteiger partial charge in [-0.05, 0) is 49.2 Å². The van der Waals surface area contributed by atoms with Gasteiger partial charge in [0.2, 0.25) is 5.95 Å². The van der Waals surface area contributed by atoms with Gasteiger partial charge in [-0.2, -0.15) is 4.98 Å². The van der Waals surface area contributed by atoms with Crippen LogP contribution in [-0.2, 0) is 0 Å². The summed E-state index contributed by atoms with van der Waals surface area (Å²) >= 11 is 3.51. The van der Waals surface area contributed by atoms with Crippen molar-refractivity contribution in [1.29, 1.82) is 0 Å². The van der Waals surface area contributed by atoms with E-state index in [4.69, 9.17) is 0 Å². The van der Waals surface area contributed by atoms with E-state index in [1.165, 1.54) is 5.56 Å². The van der Waals surface area contributed by atoms with Gasteiger partial charge in [0, 0.05) is 22.4 Å². The first-order valence-corrected chi connectivity index (χ1v) is 8.59. The number of anilines is 3. The molecule has 1 heterocycles. The molecule has 24 heavy (non-hydrogen) atoms. The average Bonchev–Trinajstić information content (AvgIpc) is 2.59. The third kappa shape index (κ3) is 4.11. The van der Waals surface area contributed by atoms with E-state index in [-0.39, 0.29) is 6.04 Å². The van der Waals surface area contributed by atoms with Crippen LogP contribution in [0.25, 0.3) is 0 Å². The van der Waals surface area contributed by atoms with Gasteiger partial charge in [-0.3, -0.25) is 0 Å². The van der Waals surface area contributed by atoms with Crippen LogP contribution < -0.4 is 10.6 Å². The third-order valence-electron chi connectivity index (χ3n) is 3.73. The molecule has 0 spiro atoms. The predicted molar refractivity (Wildman–Crippen MR) is 103 cm³/mol. The zero-order valence-electron chi connectivity index (χ0n) is 13.6. The summed E-state index contributed by atoms with van der Waals surface area (Å²) in [6.07, 6.45) is 1.75. The molecule has 0 aliphatic heterocycles. The van der Waals surface area contributed by atoms with Crippen LogP contribution in [0.1, 0.15) is 24.1 Å². The molecule has 0 amide bonds. The van der Waals surface area contributed by atoms with Crippen LogP contribution in [-0.4, -0.2) is 9.97 Å². The van der Waals surface area contributed by atoms with Crippen molar-refractivity contribution in [3.63, 3.8) is 0 Å². The number of nitrogens with one attached hydrogen (secondary N) is 2. The molecule has 3 rings (SSSR count). The van der Waals surface area contributed by atoms with Crippen LogP contribution in [0.5, 0.6) is 0 Å². The molecule has 4 nitrogen and oxygen atoms in total. The number of nitrogens with zero attached hydrogens (tertiary/aromatic N) is 2. The van der Waals surface area contributed by atoms with Gasteiger partial charge in [0.05, 0.1) is 0 Å². The highest BCUT2D eigenvalue weighted by Crippen LogP contribution is 2.23. The van der Waals surface area contributed by atoms with Gasteiger partial charge in [0.25, 0.3) is 0 Å². The molecule has 0 saturated heterocycles. The van der Waals surface area contributed by atoms with Crippen LogP contribution in [0.3, 0.4) is 0 Å². The number of aryl methyl sites for hydroxylation is 1. The van der Waals surface area contributed by atoms with Gasteiger partial charge < -0.3 is 10.6 Å². The van der Waals surface area contributed by atoms with Crippen molar-refractivity contribution >= 4 is 33.4 Å². The Morgan fingerprint density at radius 1 is 1.04 bits per heavy atom. The van der Waals surface area contributed by atoms with E-state index in [1.807, 2.05) is 36.4 Å². The fraction of sp³-hybridized carbons (Fsp3) is 0.158. The molecule has 0 aliphatic rings. The second-order valence-corrected chi connectivity index (χ2v) is 6.49. The topological polar surface area (TPSA) is 49.8 Å². The van der Waals surface area contributed by atoms with Crippen LogP contribution in [0.15, 0.2) is 65.3 Å². The Balaban J connectivity index is 1.73. The monoisotopic (exact) mass is 382 g/mol. The summed E-state index contributed by atoms with van der Waals surface area (Å²) in [5.41, 5.74) is 3.34. The molecule has 0 radical (unpaired) electrons. The maximum absolute atomic E-state index is 4.54. The fourth-order valence-electron chi connectivity index (χ4n) is 2.40. The van der Waals surface area contributed by atoms with Crippen LogP contribution >= 0.6 is 15.9 Å². The molecule has 122 valence electrons. The van der Waals surface area contributed by atoms with Crippen LogP contribution in [0.4, 0.5) is 17.5 Å². The summed E-state index contributed by atoms with van der Waals surface area (Å²) in [4.78, 5) is 8.83. The number of hydrogen-bond acceptors (Lipinski definition) is 4. The molecule has 0 saturated carbocycles. The van der Waals surface area contributed by atoms with E-state index >= 15 is 0 Å². The Morgan fingerprint density at radius 2 is 1.83 bits per heavy atom. The molecule has 2 aromatic carbocycles. The van der Waals surface area contributed by atoms with Crippen molar-refractivity contribution in [2.24, 2.45) is 0 Å². The predicted octanol–water partition coefficient (Wildman–Crippen LogP) is 5.46. The number of hydrogen-bond donors (Lipinski definition) is 2. The first kappa shape index (κ1) is 16.5. The lowest BCUT2D eigenvalue weighted by molar-refractivity contribution is 0.873. The molecule has 5 heteroatoms. The van der Waals surface area contributed by atoms with E-state index in [9.17, 15) is 0 Å². The summed E-state index contributed by atoms with van der Waals surface area (Å²) in [5, 5.41) is 6.65. The van der Waals surface area contributed by atoms with E-state index < -0.39 is 0 Å². The highest BCUT2D eigenvalue weighted by atomic mass is 79.9. The Kier molecular flexibility index (Phi) is 5.11. The van der Waals surface area contributed by atoms with Crippen LogP contribution in [0, 0.1) is 6.92 Å². The molecule has 2 N–H and O–H groups in total. The molecule has 1 unspecified atom stereocenters. The van der Waals surface area contributed by atoms with E-state index in [0.29, 0.717) is 5.95 Å². The first-order chi connectivity index (χ1) is 11.6. The molecular weight excluding hydrogens is 364 g/mol. The largest absolute Gasteiger partial charge is 0.363 e. The molecule has 1 atom stereocenters. The lowest BCUT2D eigenvalue weighted by Crippen LogP contribution is -2.09. The lowest BCUT2D eigenvalue weighted by atomic mass is 10.1. The zero-order valence-corrected chi connectivity index (χ0v) is 15.2. The van der Waals surface area contributed by atoms with Crippen molar-refractivity contribution in [3.05, 3.63) is 76.4 Å². The van der Waals surface area contributed by atoms with Gasteiger partial charge in [-0.15, -0.1) is 0 Å². The second kappa shape index (κ2) is 7.45. The summed E-state index contributed by atoms with van der Waals surface area (Å²) in [6.45, 7) is 4.16. The van der Waals surface area contributed by atoms with Gasteiger partial charge >= 0.3 is 0 Å². The fourth-order valence-corrected chi connectivity index (χ4v) is 2.64. The second-order valence-electron chi connectivity index (χ2n) is 5.63. The normalized spacial score (nSPS) is 11.8. The van der Waals surface area contributed by atoms with Crippen molar-refractivity contribution < 1.29 is 0 Å². The Morgan fingerprint density at radius 3 is 2.58 bits per heavy atom. The molecule has 0 bridgehead atoms. The Labute approximate surface area is 150 Å². The molecule has 3 aromatic rings. The Bertz CT molecular complexity index is 821. The molecular formula is C19H19BrN4. The minimum atomic E-state index is 0.170. The van der Waals surface area contributed by atoms with Gasteiger partial charge in [-0.25, -0.2) is 4.98 Å². The third-order valence-corrected chi connectivity index (χ3v) is 4.62. The maximum atomic E-state index is 4.54. The van der Waals surface area contributed by atoms with Crippen molar-refractivity contribution in [3.8, 4) is 0 Å². The highest BCUT2D eigenvalue weighted by Gasteiger charge is 2.07. The van der Waals surface area contributed by atoms with Crippen LogP contribution in [0.2, 0.25) is 0 Å². The summed E-state index contributed by atoms with van der Waals surface area (Å²) in [6, 6.07) is 18.4. The number of halogens is 1. The Hall–Kier alpha value is -2.40. The SMILES string of the molecule is Cc1cc(Nc2nccc(NC(C)c3ccccc3)n2)ccc1Br. The number of aromatic nitrogens is 2. The highest BCUT2D eigenvalue weighted by molar-refractivity contribution is 9.10. The zero-order chi connectivity index (χ0) is 16.9. The van der Waals surface area contributed by atoms with E-state index in [1.54, 1.807) is 6.20 Å². The average molecular weight is 383 g/mol. The smallest absolute Gasteiger partial charge is 0.229 e. The first-order valence-electron chi connectivity index (χ1n) is 7.79. The van der Waals surface area contributed by atoms with Crippen molar-refractivity contribution in [2.45, 2.75) is 19.9 Å². The summed E-state index contributed by atoms with van der Waals surface area (Å²) in [7, 11) is 0. The van der Waals surface area contributed by atoms with E-state index in [2.05, 4.69) is 68.6 Å². The standard InChI is InChI=1S/C19H19BrN4/c1-13-12-16(8-9-17(13)20)23-19-21-11-10-18(24-19)22-14(2)15-6-4-3-5-7-15/h3-12,14H,1-2H3,(H2,21,22,23,24). The quantitative estimate of drug-likeness (QED) is 0.614. The summed E-state index contributed by atoms with van der Waals surface area (Å²) < 4.78 is 1.08. The van der Waals surface area contributed by atoms with Gasteiger partial charge in [0.1, 0.15) is 5.82 Å². The summed E-state index contributed by atoms with van der Waals surface area (Å²) in [5.74, 6) is 1.36. The van der Waals surface area contributed by atoms with Crippen molar-refractivity contribution in [1.82, 2.24) is 9.97 Å². The molecule has 1 aromatic heterocycles. The van der Waals surface area contributed by atoms with Gasteiger partial charge in [0.15, 0.2) is 0 Å². The minimum absolute atomic E-state index is 0.170.